The molecule has 3 heterocycles. The lowest BCUT2D eigenvalue weighted by atomic mass is 9.84. The molecule has 4 unspecified atom stereocenters. The van der Waals surface area contributed by atoms with Gasteiger partial charge >= 0.3 is 0 Å². The molecule has 2 aromatic rings. The maximum atomic E-state index is 13.5. The van der Waals surface area contributed by atoms with E-state index < -0.39 is 17.9 Å². The molecule has 0 aliphatic carbocycles. The van der Waals surface area contributed by atoms with Crippen molar-refractivity contribution in [3.8, 4) is 0 Å². The van der Waals surface area contributed by atoms with Crippen molar-refractivity contribution in [3.63, 3.8) is 0 Å². The van der Waals surface area contributed by atoms with Gasteiger partial charge in [0.2, 0.25) is 11.8 Å². The minimum Gasteiger partial charge on any atom is -0.359 e. The first-order valence-electron chi connectivity index (χ1n) is 9.18. The minimum atomic E-state index is -0.682. The zero-order chi connectivity index (χ0) is 19.6. The van der Waals surface area contributed by atoms with Gasteiger partial charge in [-0.1, -0.05) is 36.4 Å². The molecule has 2 amide bonds. The zero-order valence-corrected chi connectivity index (χ0v) is 16.7. The number of para-hydroxylation sites is 1. The third-order valence-corrected chi connectivity index (χ3v) is 6.64. The first-order chi connectivity index (χ1) is 13.5. The van der Waals surface area contributed by atoms with Crippen LogP contribution in [0.15, 0.2) is 59.2 Å². The summed E-state index contributed by atoms with van der Waals surface area (Å²) in [4.78, 5) is 42.6. The van der Waals surface area contributed by atoms with E-state index >= 15 is 0 Å². The van der Waals surface area contributed by atoms with Crippen molar-refractivity contribution in [1.29, 1.82) is 0 Å². The van der Waals surface area contributed by atoms with Gasteiger partial charge in [0.1, 0.15) is 0 Å². The van der Waals surface area contributed by atoms with E-state index in [0.29, 0.717) is 10.2 Å². The Kier molecular flexibility index (Phi) is 3.81. The topological polar surface area (TPSA) is 57.7 Å². The van der Waals surface area contributed by atoms with Crippen molar-refractivity contribution in [2.75, 3.05) is 4.90 Å². The quantitative estimate of drug-likeness (QED) is 0.675. The van der Waals surface area contributed by atoms with Crippen molar-refractivity contribution in [2.24, 2.45) is 11.8 Å². The summed E-state index contributed by atoms with van der Waals surface area (Å²) in [6, 6.07) is 14.1. The van der Waals surface area contributed by atoms with Crippen molar-refractivity contribution in [1.82, 2.24) is 4.90 Å². The van der Waals surface area contributed by atoms with Crippen molar-refractivity contribution in [2.45, 2.75) is 19.0 Å². The molecule has 3 aliphatic rings. The number of halogens is 1. The molecule has 0 saturated carbocycles. The summed E-state index contributed by atoms with van der Waals surface area (Å²) >= 11 is 3.45. The van der Waals surface area contributed by atoms with Crippen LogP contribution in [0.3, 0.4) is 0 Å². The molecule has 2 fully saturated rings. The summed E-state index contributed by atoms with van der Waals surface area (Å²) < 4.78 is 0.678. The fourth-order valence-corrected chi connectivity index (χ4v) is 5.35. The van der Waals surface area contributed by atoms with Crippen LogP contribution in [-0.2, 0) is 14.4 Å². The number of fused-ring (bicyclic) bond motifs is 5. The van der Waals surface area contributed by atoms with E-state index in [2.05, 4.69) is 15.9 Å². The maximum Gasteiger partial charge on any atom is 0.240 e. The molecule has 6 heteroatoms. The van der Waals surface area contributed by atoms with E-state index in [1.165, 1.54) is 11.8 Å². The standard InChI is InChI=1S/C22H17BrN2O3/c1-12(26)19-17-18(20-14-7-3-2-6-13(14)10-11-24(19)20)22(28)25(21(17)27)16-9-5-4-8-15(16)23/h2-11,17-20H,1H3. The highest BCUT2D eigenvalue weighted by molar-refractivity contribution is 9.10. The zero-order valence-electron chi connectivity index (χ0n) is 15.1. The third-order valence-electron chi connectivity index (χ3n) is 5.97. The number of carbonyl (C=O) groups is 3. The average molecular weight is 437 g/mol. The molecule has 0 N–H and O–H groups in total. The predicted octanol–water partition coefficient (Wildman–Crippen LogP) is 3.55. The van der Waals surface area contributed by atoms with Gasteiger partial charge in [0.05, 0.1) is 29.6 Å². The van der Waals surface area contributed by atoms with Crippen LogP contribution in [0.2, 0.25) is 0 Å². The summed E-state index contributed by atoms with van der Waals surface area (Å²) in [6.07, 6.45) is 3.81. The van der Waals surface area contributed by atoms with Gasteiger partial charge in [-0.2, -0.15) is 0 Å². The van der Waals surface area contributed by atoms with Gasteiger partial charge in [-0.3, -0.25) is 14.4 Å². The summed E-state index contributed by atoms with van der Waals surface area (Å²) in [6.45, 7) is 1.50. The van der Waals surface area contributed by atoms with E-state index in [9.17, 15) is 14.4 Å². The smallest absolute Gasteiger partial charge is 0.240 e. The Labute approximate surface area is 170 Å². The lowest BCUT2D eigenvalue weighted by Gasteiger charge is -2.35. The van der Waals surface area contributed by atoms with Crippen LogP contribution in [0.1, 0.15) is 24.1 Å². The largest absolute Gasteiger partial charge is 0.359 e. The number of amides is 2. The molecular weight excluding hydrogens is 420 g/mol. The normalized spacial score (nSPS) is 27.6. The van der Waals surface area contributed by atoms with Crippen molar-refractivity contribution >= 4 is 45.3 Å². The Hall–Kier alpha value is -2.73. The monoisotopic (exact) mass is 436 g/mol. The lowest BCUT2D eigenvalue weighted by molar-refractivity contribution is -0.129. The number of nitrogens with zero attached hydrogens (tertiary/aromatic N) is 2. The van der Waals surface area contributed by atoms with Crippen LogP contribution in [0.25, 0.3) is 6.08 Å². The van der Waals surface area contributed by atoms with Crippen LogP contribution in [-0.4, -0.2) is 28.5 Å². The first-order valence-corrected chi connectivity index (χ1v) is 9.97. The molecule has 2 saturated heterocycles. The molecule has 5 nitrogen and oxygen atoms in total. The lowest BCUT2D eigenvalue weighted by Crippen LogP contribution is -2.43. The van der Waals surface area contributed by atoms with E-state index in [1.807, 2.05) is 47.5 Å². The number of imide groups is 1. The van der Waals surface area contributed by atoms with Crippen molar-refractivity contribution < 1.29 is 14.4 Å². The molecule has 0 bridgehead atoms. The molecule has 28 heavy (non-hydrogen) atoms. The SMILES string of the molecule is CC(=O)C1C2C(=O)N(c3ccccc3Br)C(=O)C2C2c3ccccc3C=CN12. The Balaban J connectivity index is 1.67. The second-order valence-corrected chi connectivity index (χ2v) is 8.26. The maximum absolute atomic E-state index is 13.5. The van der Waals surface area contributed by atoms with Crippen LogP contribution in [0, 0.1) is 11.8 Å². The van der Waals surface area contributed by atoms with E-state index in [-0.39, 0.29) is 23.6 Å². The average Bonchev–Trinajstić information content (AvgIpc) is 3.16. The van der Waals surface area contributed by atoms with Crippen molar-refractivity contribution in [3.05, 3.63) is 70.3 Å². The Morgan fingerprint density at radius 2 is 1.64 bits per heavy atom. The highest BCUT2D eigenvalue weighted by Crippen LogP contribution is 2.53. The van der Waals surface area contributed by atoms with Crippen LogP contribution in [0.5, 0.6) is 0 Å². The Morgan fingerprint density at radius 1 is 0.964 bits per heavy atom. The van der Waals surface area contributed by atoms with E-state index in [4.69, 9.17) is 0 Å². The highest BCUT2D eigenvalue weighted by atomic mass is 79.9. The summed E-state index contributed by atoms with van der Waals surface area (Å²) in [5.74, 6) is -1.91. The number of anilines is 1. The van der Waals surface area contributed by atoms with Crippen LogP contribution < -0.4 is 4.90 Å². The number of carbonyl (C=O) groups excluding carboxylic acids is 3. The van der Waals surface area contributed by atoms with Gasteiger partial charge in [-0.15, -0.1) is 0 Å². The molecule has 140 valence electrons. The van der Waals surface area contributed by atoms with Gasteiger partial charge in [0, 0.05) is 10.7 Å². The molecule has 2 aromatic carbocycles. The number of Topliss-reactive ketones (excluding diaryl/α,β-unsaturated/α-hetero) is 1. The molecule has 0 radical (unpaired) electrons. The summed E-state index contributed by atoms with van der Waals surface area (Å²) in [7, 11) is 0. The Bertz CT molecular complexity index is 1060. The molecule has 0 spiro atoms. The molecule has 4 atom stereocenters. The first kappa shape index (κ1) is 17.4. The van der Waals surface area contributed by atoms with Gasteiger partial charge in [-0.05, 0) is 52.2 Å². The number of hydrogen-bond donors (Lipinski definition) is 0. The molecule has 5 rings (SSSR count). The number of benzene rings is 2. The number of hydrogen-bond acceptors (Lipinski definition) is 4. The molecule has 3 aliphatic heterocycles. The molecular formula is C22H17BrN2O3. The number of ketones is 1. The van der Waals surface area contributed by atoms with Crippen LogP contribution in [0.4, 0.5) is 5.69 Å². The number of rotatable bonds is 2. The van der Waals surface area contributed by atoms with Crippen LogP contribution >= 0.6 is 15.9 Å². The fraction of sp³-hybridized carbons (Fsp3) is 0.227. The third kappa shape index (κ3) is 2.21. The second kappa shape index (κ2) is 6.14. The van der Waals surface area contributed by atoms with Gasteiger partial charge in [0.15, 0.2) is 5.78 Å². The predicted molar refractivity (Wildman–Crippen MR) is 108 cm³/mol. The second-order valence-electron chi connectivity index (χ2n) is 7.41. The highest BCUT2D eigenvalue weighted by Gasteiger charge is 2.64. The van der Waals surface area contributed by atoms with E-state index in [1.54, 1.807) is 18.2 Å². The molecule has 0 aromatic heterocycles. The Morgan fingerprint density at radius 3 is 2.39 bits per heavy atom. The van der Waals surface area contributed by atoms with Gasteiger partial charge in [0.25, 0.3) is 0 Å². The summed E-state index contributed by atoms with van der Waals surface area (Å²) in [5, 5.41) is 0. The van der Waals surface area contributed by atoms with Gasteiger partial charge in [-0.25, -0.2) is 4.90 Å². The fourth-order valence-electron chi connectivity index (χ4n) is 4.89. The minimum absolute atomic E-state index is 0.100. The summed E-state index contributed by atoms with van der Waals surface area (Å²) in [5.41, 5.74) is 2.53. The van der Waals surface area contributed by atoms with Gasteiger partial charge < -0.3 is 4.90 Å². The van der Waals surface area contributed by atoms with E-state index in [0.717, 1.165) is 11.1 Å².